The Balaban J connectivity index is 1.80. The molecule has 2 rings (SSSR count). The van der Waals surface area contributed by atoms with Crippen LogP contribution in [0.4, 0.5) is 0 Å². The molecule has 4 heteroatoms. The van der Waals surface area contributed by atoms with Gasteiger partial charge in [-0.2, -0.15) is 0 Å². The molecule has 1 aliphatic carbocycles. The predicted molar refractivity (Wildman–Crippen MR) is 122 cm³/mol. The molecule has 0 aromatic heterocycles. The smallest absolute Gasteiger partial charge is 0.317 e. The number of ether oxygens (including phenoxy) is 3. The van der Waals surface area contributed by atoms with Crippen molar-refractivity contribution in [2.45, 2.75) is 99.2 Å². The van der Waals surface area contributed by atoms with E-state index >= 15 is 0 Å². The van der Waals surface area contributed by atoms with Gasteiger partial charge in [0, 0.05) is 0 Å². The van der Waals surface area contributed by atoms with Gasteiger partial charge in [0.2, 0.25) is 0 Å². The van der Waals surface area contributed by atoms with Gasteiger partial charge in [-0.25, -0.2) is 0 Å². The summed E-state index contributed by atoms with van der Waals surface area (Å²) >= 11 is 0. The van der Waals surface area contributed by atoms with Crippen LogP contribution in [0.5, 0.6) is 11.5 Å². The maximum atomic E-state index is 12.8. The number of esters is 1. The normalized spacial score (nSPS) is 18.5. The van der Waals surface area contributed by atoms with Crippen LogP contribution in [0.25, 0.3) is 0 Å². The van der Waals surface area contributed by atoms with Gasteiger partial charge in [-0.05, 0) is 68.7 Å². The van der Waals surface area contributed by atoms with Gasteiger partial charge in [-0.1, -0.05) is 59.8 Å². The van der Waals surface area contributed by atoms with E-state index in [1.807, 2.05) is 32.9 Å². The van der Waals surface area contributed by atoms with E-state index in [1.54, 1.807) is 12.1 Å². The van der Waals surface area contributed by atoms with Gasteiger partial charge in [0.1, 0.15) is 11.5 Å². The lowest BCUT2D eigenvalue weighted by atomic mass is 9.73. The Morgan fingerprint density at radius 1 is 1.03 bits per heavy atom. The van der Waals surface area contributed by atoms with Crippen LogP contribution in [0.3, 0.4) is 0 Å². The molecule has 0 N–H and O–H groups in total. The van der Waals surface area contributed by atoms with E-state index < -0.39 is 5.41 Å². The molecule has 0 radical (unpaired) electrons. The van der Waals surface area contributed by atoms with Crippen molar-refractivity contribution < 1.29 is 19.0 Å². The van der Waals surface area contributed by atoms with Crippen molar-refractivity contribution in [1.82, 2.24) is 0 Å². The number of hydrogen-bond donors (Lipinski definition) is 0. The van der Waals surface area contributed by atoms with E-state index in [4.69, 9.17) is 14.2 Å². The van der Waals surface area contributed by atoms with Gasteiger partial charge in [0.25, 0.3) is 0 Å². The molecule has 2 atom stereocenters. The van der Waals surface area contributed by atoms with E-state index in [0.29, 0.717) is 11.5 Å². The zero-order valence-corrected chi connectivity index (χ0v) is 20.0. The first-order valence-corrected chi connectivity index (χ1v) is 11.7. The predicted octanol–water partition coefficient (Wildman–Crippen LogP) is 7.16. The fourth-order valence-corrected chi connectivity index (χ4v) is 4.43. The molecular weight excluding hydrogens is 376 g/mol. The Morgan fingerprint density at radius 2 is 1.63 bits per heavy atom. The van der Waals surface area contributed by atoms with Crippen LogP contribution in [-0.4, -0.2) is 18.9 Å². The Hall–Kier alpha value is -1.55. The highest BCUT2D eigenvalue weighted by molar-refractivity contribution is 5.78. The summed E-state index contributed by atoms with van der Waals surface area (Å²) in [7, 11) is 0. The molecule has 0 amide bonds. The van der Waals surface area contributed by atoms with Crippen LogP contribution in [0, 0.1) is 16.7 Å². The fraction of sp³-hybridized carbons (Fsp3) is 0.731. The summed E-state index contributed by atoms with van der Waals surface area (Å²) in [6.07, 6.45) is 9.15. The van der Waals surface area contributed by atoms with Crippen molar-refractivity contribution in [3.05, 3.63) is 24.3 Å². The van der Waals surface area contributed by atoms with E-state index in [-0.39, 0.29) is 17.7 Å². The highest BCUT2D eigenvalue weighted by atomic mass is 16.7. The summed E-state index contributed by atoms with van der Waals surface area (Å²) in [5.74, 6) is 1.90. The van der Waals surface area contributed by atoms with Crippen LogP contribution in [-0.2, 0) is 9.53 Å². The zero-order chi connectivity index (χ0) is 22.2. The van der Waals surface area contributed by atoms with E-state index in [0.717, 1.165) is 31.8 Å². The largest absolute Gasteiger partial charge is 0.465 e. The second-order valence-electron chi connectivity index (χ2n) is 10.4. The highest BCUT2D eigenvalue weighted by Gasteiger charge is 2.37. The number of benzene rings is 1. The number of carbonyl (C=O) groups excluding carboxylic acids is 1. The molecule has 1 aromatic carbocycles. The lowest BCUT2D eigenvalue weighted by molar-refractivity contribution is -0.147. The molecule has 4 nitrogen and oxygen atoms in total. The molecule has 1 aromatic rings. The highest BCUT2D eigenvalue weighted by Crippen LogP contribution is 2.37. The number of rotatable bonds is 10. The SMILES string of the molecule is CCC(C)(CC(C)(C)C)C(=O)Oc1ccc(OC(C)OCCC2CCCCC2)cc1. The third kappa shape index (κ3) is 8.29. The molecule has 0 heterocycles. The van der Waals surface area contributed by atoms with Crippen molar-refractivity contribution in [3.8, 4) is 11.5 Å². The van der Waals surface area contributed by atoms with Crippen molar-refractivity contribution in [3.63, 3.8) is 0 Å². The summed E-state index contributed by atoms with van der Waals surface area (Å²) in [6.45, 7) is 13.2. The molecule has 170 valence electrons. The maximum absolute atomic E-state index is 12.8. The molecule has 1 aliphatic rings. The Morgan fingerprint density at radius 3 is 2.20 bits per heavy atom. The van der Waals surface area contributed by atoms with Crippen molar-refractivity contribution in [2.75, 3.05) is 6.61 Å². The summed E-state index contributed by atoms with van der Waals surface area (Å²) in [5, 5.41) is 0. The molecule has 0 saturated heterocycles. The maximum Gasteiger partial charge on any atom is 0.317 e. The first-order valence-electron chi connectivity index (χ1n) is 11.7. The summed E-state index contributed by atoms with van der Waals surface area (Å²) in [4.78, 5) is 12.8. The van der Waals surface area contributed by atoms with Crippen molar-refractivity contribution in [1.29, 1.82) is 0 Å². The Kier molecular flexibility index (Phi) is 9.21. The first-order chi connectivity index (χ1) is 14.1. The molecule has 1 saturated carbocycles. The third-order valence-electron chi connectivity index (χ3n) is 6.13. The second-order valence-corrected chi connectivity index (χ2v) is 10.4. The molecule has 1 fully saturated rings. The third-order valence-corrected chi connectivity index (χ3v) is 6.13. The van der Waals surface area contributed by atoms with Gasteiger partial charge in [0.15, 0.2) is 6.29 Å². The quantitative estimate of drug-likeness (QED) is 0.230. The van der Waals surface area contributed by atoms with Gasteiger partial charge < -0.3 is 14.2 Å². The topological polar surface area (TPSA) is 44.8 Å². The summed E-state index contributed by atoms with van der Waals surface area (Å²) < 4.78 is 17.4. The lowest BCUT2D eigenvalue weighted by Crippen LogP contribution is -2.35. The number of carbonyl (C=O) groups is 1. The average molecular weight is 419 g/mol. The van der Waals surface area contributed by atoms with Crippen molar-refractivity contribution >= 4 is 5.97 Å². The second kappa shape index (κ2) is 11.2. The minimum Gasteiger partial charge on any atom is -0.465 e. The molecular formula is C26H42O4. The molecule has 2 unspecified atom stereocenters. The first kappa shape index (κ1) is 24.7. The average Bonchev–Trinajstić information content (AvgIpc) is 2.69. The summed E-state index contributed by atoms with van der Waals surface area (Å²) in [5.41, 5.74) is -0.428. The van der Waals surface area contributed by atoms with Gasteiger partial charge >= 0.3 is 5.97 Å². The monoisotopic (exact) mass is 418 g/mol. The van der Waals surface area contributed by atoms with Crippen molar-refractivity contribution in [2.24, 2.45) is 16.7 Å². The molecule has 0 bridgehead atoms. The van der Waals surface area contributed by atoms with E-state index in [1.165, 1.54) is 32.1 Å². The van der Waals surface area contributed by atoms with Crippen LogP contribution in [0.15, 0.2) is 24.3 Å². The summed E-state index contributed by atoms with van der Waals surface area (Å²) in [6, 6.07) is 7.23. The Labute approximate surface area is 183 Å². The Bertz CT molecular complexity index is 640. The van der Waals surface area contributed by atoms with Crippen LogP contribution < -0.4 is 9.47 Å². The van der Waals surface area contributed by atoms with Crippen LogP contribution in [0.1, 0.15) is 92.9 Å². The fourth-order valence-electron chi connectivity index (χ4n) is 4.43. The molecule has 0 spiro atoms. The van der Waals surface area contributed by atoms with Crippen LogP contribution in [0.2, 0.25) is 0 Å². The van der Waals surface area contributed by atoms with E-state index in [9.17, 15) is 4.79 Å². The molecule has 30 heavy (non-hydrogen) atoms. The van der Waals surface area contributed by atoms with Gasteiger partial charge in [-0.15, -0.1) is 0 Å². The standard InChI is InChI=1S/C26H42O4/c1-7-26(6,19-25(3,4)5)24(27)30-23-15-13-22(14-16-23)29-20(2)28-18-17-21-11-9-8-10-12-21/h13-16,20-21H,7-12,17-19H2,1-6H3. The minimum absolute atomic E-state index is 0.0641. The van der Waals surface area contributed by atoms with E-state index in [2.05, 4.69) is 20.8 Å². The van der Waals surface area contributed by atoms with Gasteiger partial charge in [-0.3, -0.25) is 4.79 Å². The van der Waals surface area contributed by atoms with Gasteiger partial charge in [0.05, 0.1) is 12.0 Å². The van der Waals surface area contributed by atoms with Crippen LogP contribution >= 0.6 is 0 Å². The number of hydrogen-bond acceptors (Lipinski definition) is 4. The zero-order valence-electron chi connectivity index (χ0n) is 20.0. The minimum atomic E-state index is -0.492. The molecule has 0 aliphatic heterocycles. The lowest BCUT2D eigenvalue weighted by Gasteiger charge is -2.32.